The van der Waals surface area contributed by atoms with Crippen molar-refractivity contribution in [2.45, 2.75) is 52.5 Å². The first-order chi connectivity index (χ1) is 8.58. The molecule has 0 saturated heterocycles. The monoisotopic (exact) mass is 247 g/mol. The zero-order valence-corrected chi connectivity index (χ0v) is 12.1. The lowest BCUT2D eigenvalue weighted by Crippen LogP contribution is -2.36. The van der Waals surface area contributed by atoms with Crippen LogP contribution in [-0.2, 0) is 0 Å². The molecule has 1 aromatic rings. The van der Waals surface area contributed by atoms with E-state index in [9.17, 15) is 0 Å². The molecular weight excluding hydrogens is 222 g/mol. The zero-order valence-electron chi connectivity index (χ0n) is 12.1. The maximum Gasteiger partial charge on any atom is 0.151 e. The summed E-state index contributed by atoms with van der Waals surface area (Å²) < 4.78 is 0. The van der Waals surface area contributed by atoms with Gasteiger partial charge in [0.25, 0.3) is 0 Å². The van der Waals surface area contributed by atoms with Gasteiger partial charge in [0.05, 0.1) is 5.69 Å². The van der Waals surface area contributed by atoms with E-state index in [-0.39, 0.29) is 0 Å². The fourth-order valence-electron chi connectivity index (χ4n) is 2.92. The van der Waals surface area contributed by atoms with Crippen molar-refractivity contribution in [2.75, 3.05) is 11.9 Å². The fraction of sp³-hybridized carbons (Fsp3) is 0.733. The van der Waals surface area contributed by atoms with Gasteiger partial charge in [-0.2, -0.15) is 5.10 Å². The maximum absolute atomic E-state index is 4.28. The van der Waals surface area contributed by atoms with Crippen molar-refractivity contribution < 1.29 is 0 Å². The Kier molecular flexibility index (Phi) is 4.20. The molecule has 3 heteroatoms. The topological polar surface area (TPSA) is 29.0 Å². The second-order valence-electron chi connectivity index (χ2n) is 5.96. The summed E-state index contributed by atoms with van der Waals surface area (Å²) in [6, 6.07) is 4.76. The lowest BCUT2D eigenvalue weighted by atomic mass is 9.79. The van der Waals surface area contributed by atoms with Crippen molar-refractivity contribution in [3.05, 3.63) is 17.8 Å². The Bertz CT molecular complexity index is 364. The molecule has 1 aromatic heterocycles. The zero-order chi connectivity index (χ0) is 13.1. The van der Waals surface area contributed by atoms with Crippen LogP contribution in [-0.4, -0.2) is 23.3 Å². The molecule has 0 aromatic carbocycles. The van der Waals surface area contributed by atoms with Gasteiger partial charge in [-0.25, -0.2) is 0 Å². The van der Waals surface area contributed by atoms with Crippen LogP contribution in [0.15, 0.2) is 12.1 Å². The molecule has 2 rings (SSSR count). The number of hydrogen-bond donors (Lipinski definition) is 0. The molecule has 1 heterocycles. The van der Waals surface area contributed by atoms with E-state index >= 15 is 0 Å². The highest BCUT2D eigenvalue weighted by molar-refractivity contribution is 5.37. The summed E-state index contributed by atoms with van der Waals surface area (Å²) in [6.45, 7) is 6.67. The summed E-state index contributed by atoms with van der Waals surface area (Å²) in [5.74, 6) is 2.75. The molecule has 3 nitrogen and oxygen atoms in total. The number of aryl methyl sites for hydroxylation is 1. The average molecular weight is 247 g/mol. The van der Waals surface area contributed by atoms with Gasteiger partial charge in [0.1, 0.15) is 0 Å². The third-order valence-electron chi connectivity index (χ3n) is 4.38. The van der Waals surface area contributed by atoms with E-state index in [4.69, 9.17) is 0 Å². The number of anilines is 1. The van der Waals surface area contributed by atoms with Gasteiger partial charge < -0.3 is 4.90 Å². The summed E-state index contributed by atoms with van der Waals surface area (Å²) in [6.07, 6.45) is 5.28. The van der Waals surface area contributed by atoms with Crippen LogP contribution in [0.3, 0.4) is 0 Å². The largest absolute Gasteiger partial charge is 0.355 e. The molecule has 18 heavy (non-hydrogen) atoms. The van der Waals surface area contributed by atoms with E-state index in [1.165, 1.54) is 25.7 Å². The van der Waals surface area contributed by atoms with E-state index in [0.29, 0.717) is 6.04 Å². The van der Waals surface area contributed by atoms with Gasteiger partial charge in [-0.1, -0.05) is 13.8 Å². The van der Waals surface area contributed by atoms with Crippen molar-refractivity contribution in [2.24, 2.45) is 11.8 Å². The Morgan fingerprint density at radius 1 is 1.11 bits per heavy atom. The third-order valence-corrected chi connectivity index (χ3v) is 4.38. The van der Waals surface area contributed by atoms with E-state index in [1.807, 2.05) is 13.0 Å². The molecular formula is C15H25N3. The van der Waals surface area contributed by atoms with E-state index in [1.54, 1.807) is 0 Å². The van der Waals surface area contributed by atoms with Crippen LogP contribution in [0.5, 0.6) is 0 Å². The summed E-state index contributed by atoms with van der Waals surface area (Å²) in [5.41, 5.74) is 0.982. The van der Waals surface area contributed by atoms with Crippen molar-refractivity contribution >= 4 is 5.82 Å². The molecule has 1 aliphatic carbocycles. The molecule has 100 valence electrons. The standard InChI is InChI=1S/C15H25N3/c1-11(2)13-6-8-14(9-7-13)18(4)15-10-5-12(3)16-17-15/h5,10-11,13-14H,6-9H2,1-4H3. The Balaban J connectivity index is 1.95. The molecule has 0 amide bonds. The predicted octanol–water partition coefficient (Wildman–Crippen LogP) is 3.44. The maximum atomic E-state index is 4.28. The summed E-state index contributed by atoms with van der Waals surface area (Å²) in [5, 5.41) is 8.43. The van der Waals surface area contributed by atoms with Gasteiger partial charge in [0, 0.05) is 13.1 Å². The fourth-order valence-corrected chi connectivity index (χ4v) is 2.92. The SMILES string of the molecule is Cc1ccc(N(C)C2CCC(C(C)C)CC2)nn1. The second kappa shape index (κ2) is 5.68. The lowest BCUT2D eigenvalue weighted by molar-refractivity contribution is 0.256. The lowest BCUT2D eigenvalue weighted by Gasteiger charge is -2.36. The quantitative estimate of drug-likeness (QED) is 0.819. The molecule has 0 radical (unpaired) electrons. The Hall–Kier alpha value is -1.12. The summed E-state index contributed by atoms with van der Waals surface area (Å²) in [4.78, 5) is 2.31. The van der Waals surface area contributed by atoms with Crippen LogP contribution in [0, 0.1) is 18.8 Å². The molecule has 0 aliphatic heterocycles. The van der Waals surface area contributed by atoms with Gasteiger partial charge in [-0.3, -0.25) is 0 Å². The van der Waals surface area contributed by atoms with Crippen molar-refractivity contribution in [3.63, 3.8) is 0 Å². The Morgan fingerprint density at radius 3 is 2.28 bits per heavy atom. The minimum absolute atomic E-state index is 0.636. The van der Waals surface area contributed by atoms with E-state index in [2.05, 4.69) is 42.1 Å². The highest BCUT2D eigenvalue weighted by atomic mass is 15.3. The second-order valence-corrected chi connectivity index (χ2v) is 5.96. The summed E-state index contributed by atoms with van der Waals surface area (Å²) >= 11 is 0. The highest BCUT2D eigenvalue weighted by Crippen LogP contribution is 2.32. The van der Waals surface area contributed by atoms with Crippen LogP contribution in [0.25, 0.3) is 0 Å². The minimum Gasteiger partial charge on any atom is -0.355 e. The molecule has 0 bridgehead atoms. The molecule has 0 spiro atoms. The van der Waals surface area contributed by atoms with Gasteiger partial charge >= 0.3 is 0 Å². The van der Waals surface area contributed by atoms with Gasteiger partial charge in [0.2, 0.25) is 0 Å². The van der Waals surface area contributed by atoms with Crippen LogP contribution in [0.1, 0.15) is 45.2 Å². The van der Waals surface area contributed by atoms with Crippen molar-refractivity contribution in [1.82, 2.24) is 10.2 Å². The number of rotatable bonds is 3. The van der Waals surface area contributed by atoms with Gasteiger partial charge in [-0.15, -0.1) is 5.10 Å². The Morgan fingerprint density at radius 2 is 1.78 bits per heavy atom. The molecule has 1 fully saturated rings. The van der Waals surface area contributed by atoms with Crippen LogP contribution in [0.4, 0.5) is 5.82 Å². The molecule has 0 N–H and O–H groups in total. The number of hydrogen-bond acceptors (Lipinski definition) is 3. The normalized spacial score (nSPS) is 24.3. The van der Waals surface area contributed by atoms with E-state index in [0.717, 1.165) is 23.3 Å². The molecule has 1 aliphatic rings. The van der Waals surface area contributed by atoms with Crippen molar-refractivity contribution in [3.8, 4) is 0 Å². The third kappa shape index (κ3) is 3.01. The minimum atomic E-state index is 0.636. The Labute approximate surface area is 111 Å². The van der Waals surface area contributed by atoms with Crippen LogP contribution in [0.2, 0.25) is 0 Å². The smallest absolute Gasteiger partial charge is 0.151 e. The number of nitrogens with zero attached hydrogens (tertiary/aromatic N) is 3. The van der Waals surface area contributed by atoms with Crippen molar-refractivity contribution in [1.29, 1.82) is 0 Å². The van der Waals surface area contributed by atoms with Gasteiger partial charge in [-0.05, 0) is 56.6 Å². The van der Waals surface area contributed by atoms with Crippen LogP contribution >= 0.6 is 0 Å². The van der Waals surface area contributed by atoms with E-state index < -0.39 is 0 Å². The molecule has 1 saturated carbocycles. The van der Waals surface area contributed by atoms with Crippen LogP contribution < -0.4 is 4.90 Å². The predicted molar refractivity (Wildman–Crippen MR) is 75.8 cm³/mol. The summed E-state index contributed by atoms with van der Waals surface area (Å²) in [7, 11) is 2.15. The molecule has 0 unspecified atom stereocenters. The first kappa shape index (κ1) is 13.3. The first-order valence-corrected chi connectivity index (χ1v) is 7.11. The highest BCUT2D eigenvalue weighted by Gasteiger charge is 2.26. The van der Waals surface area contributed by atoms with Gasteiger partial charge in [0.15, 0.2) is 5.82 Å². The molecule has 0 atom stereocenters. The average Bonchev–Trinajstić information content (AvgIpc) is 2.39. The first-order valence-electron chi connectivity index (χ1n) is 7.11. The number of aromatic nitrogens is 2.